The molecule has 0 fully saturated rings. The number of rotatable bonds is 10. The third kappa shape index (κ3) is 8.80. The monoisotopic (exact) mass is 542 g/mol. The average Bonchev–Trinajstić information content (AvgIpc) is 2.76. The molecule has 7 nitrogen and oxygen atoms in total. The summed E-state index contributed by atoms with van der Waals surface area (Å²) in [4.78, 5) is 8.71. The molecule has 1 aromatic carbocycles. The molecule has 1 heterocycles. The van der Waals surface area contributed by atoms with Crippen LogP contribution in [0.2, 0.25) is 0 Å². The maximum absolute atomic E-state index is 5.91. The Balaban J connectivity index is 0.00000480. The highest BCUT2D eigenvalue weighted by Gasteiger charge is 2.13. The fraction of sp³-hybridized carbons (Fsp3) is 0.478. The summed E-state index contributed by atoms with van der Waals surface area (Å²) in [7, 11) is 4.96. The first-order valence-corrected chi connectivity index (χ1v) is 10.3. The first-order chi connectivity index (χ1) is 14.5. The molecule has 0 bridgehead atoms. The van der Waals surface area contributed by atoms with E-state index in [4.69, 9.17) is 14.2 Å². The zero-order chi connectivity index (χ0) is 21.9. The van der Waals surface area contributed by atoms with Crippen LogP contribution >= 0.6 is 24.0 Å². The van der Waals surface area contributed by atoms with Crippen LogP contribution in [0.1, 0.15) is 39.2 Å². The maximum atomic E-state index is 5.91. The molecule has 0 amide bonds. The van der Waals surface area contributed by atoms with Gasteiger partial charge in [-0.05, 0) is 43.4 Å². The highest BCUT2D eigenvalue weighted by molar-refractivity contribution is 14.0. The summed E-state index contributed by atoms with van der Waals surface area (Å²) in [5, 5.41) is 6.76. The van der Waals surface area contributed by atoms with Gasteiger partial charge in [0.05, 0.1) is 14.2 Å². The van der Waals surface area contributed by atoms with Crippen LogP contribution in [0.25, 0.3) is 0 Å². The van der Waals surface area contributed by atoms with Gasteiger partial charge in [0.15, 0.2) is 17.5 Å². The summed E-state index contributed by atoms with van der Waals surface area (Å²) in [6, 6.07) is 9.63. The van der Waals surface area contributed by atoms with Crippen molar-refractivity contribution in [1.82, 2.24) is 15.6 Å². The number of pyridine rings is 1. The number of para-hydroxylation sites is 1. The van der Waals surface area contributed by atoms with Gasteiger partial charge in [0.1, 0.15) is 0 Å². The lowest BCUT2D eigenvalue weighted by Crippen LogP contribution is -2.41. The predicted octanol–water partition coefficient (Wildman–Crippen LogP) is 5.00. The van der Waals surface area contributed by atoms with E-state index in [2.05, 4.69) is 41.4 Å². The van der Waals surface area contributed by atoms with Gasteiger partial charge in [0.2, 0.25) is 11.6 Å². The van der Waals surface area contributed by atoms with Gasteiger partial charge in [-0.15, -0.1) is 24.0 Å². The summed E-state index contributed by atoms with van der Waals surface area (Å²) >= 11 is 0. The highest BCUT2D eigenvalue weighted by atomic mass is 127. The van der Waals surface area contributed by atoms with Crippen molar-refractivity contribution in [2.24, 2.45) is 10.9 Å². The Labute approximate surface area is 203 Å². The quantitative estimate of drug-likeness (QED) is 0.250. The van der Waals surface area contributed by atoms with Gasteiger partial charge in [-0.3, -0.25) is 4.99 Å². The van der Waals surface area contributed by atoms with Crippen molar-refractivity contribution in [3.8, 4) is 23.1 Å². The van der Waals surface area contributed by atoms with E-state index in [1.807, 2.05) is 30.3 Å². The van der Waals surface area contributed by atoms with Gasteiger partial charge in [-0.2, -0.15) is 0 Å². The fourth-order valence-corrected chi connectivity index (χ4v) is 2.87. The smallest absolute Gasteiger partial charge is 0.219 e. The zero-order valence-electron chi connectivity index (χ0n) is 19.3. The van der Waals surface area contributed by atoms with Gasteiger partial charge in [-0.1, -0.05) is 26.0 Å². The predicted molar refractivity (Wildman–Crippen MR) is 136 cm³/mol. The Hall–Kier alpha value is -2.23. The third-order valence-corrected chi connectivity index (χ3v) is 4.63. The SMILES string of the molecule is CN=C(NCc1ccc(Oc2c(OC)cccc2OC)nc1)NC(C)CCC(C)C.I. The van der Waals surface area contributed by atoms with Gasteiger partial charge in [0, 0.05) is 31.9 Å². The molecule has 0 saturated heterocycles. The largest absolute Gasteiger partial charge is 0.493 e. The Bertz CT molecular complexity index is 791. The molecule has 31 heavy (non-hydrogen) atoms. The third-order valence-electron chi connectivity index (χ3n) is 4.63. The summed E-state index contributed by atoms with van der Waals surface area (Å²) in [6.07, 6.45) is 4.07. The summed E-state index contributed by atoms with van der Waals surface area (Å²) in [6.45, 7) is 7.27. The summed E-state index contributed by atoms with van der Waals surface area (Å²) in [5.41, 5.74) is 1.02. The highest BCUT2D eigenvalue weighted by Crippen LogP contribution is 2.39. The molecule has 8 heteroatoms. The Morgan fingerprint density at radius 1 is 1.03 bits per heavy atom. The minimum atomic E-state index is 0. The molecule has 0 saturated carbocycles. The molecule has 0 aliphatic heterocycles. The minimum absolute atomic E-state index is 0. The van der Waals surface area contributed by atoms with E-state index in [0.717, 1.165) is 17.9 Å². The van der Waals surface area contributed by atoms with E-state index in [1.165, 1.54) is 6.42 Å². The number of nitrogens with one attached hydrogen (secondary N) is 2. The zero-order valence-corrected chi connectivity index (χ0v) is 21.6. The molecule has 2 rings (SSSR count). The van der Waals surface area contributed by atoms with Crippen molar-refractivity contribution in [3.63, 3.8) is 0 Å². The molecule has 1 atom stereocenters. The van der Waals surface area contributed by atoms with E-state index < -0.39 is 0 Å². The van der Waals surface area contributed by atoms with Crippen molar-refractivity contribution in [1.29, 1.82) is 0 Å². The second-order valence-electron chi connectivity index (χ2n) is 7.54. The lowest BCUT2D eigenvalue weighted by atomic mass is 10.0. The van der Waals surface area contributed by atoms with E-state index >= 15 is 0 Å². The average molecular weight is 542 g/mol. The maximum Gasteiger partial charge on any atom is 0.219 e. The normalized spacial score (nSPS) is 12.0. The first kappa shape index (κ1) is 26.8. The van der Waals surface area contributed by atoms with E-state index in [0.29, 0.717) is 41.6 Å². The molecule has 2 aromatic rings. The van der Waals surface area contributed by atoms with Crippen LogP contribution in [0.15, 0.2) is 41.5 Å². The van der Waals surface area contributed by atoms with Gasteiger partial charge < -0.3 is 24.8 Å². The second kappa shape index (κ2) is 14.0. The molecule has 172 valence electrons. The van der Waals surface area contributed by atoms with Crippen LogP contribution in [0.4, 0.5) is 0 Å². The molecular formula is C23H35IN4O3. The van der Waals surface area contributed by atoms with Crippen molar-refractivity contribution in [2.45, 2.75) is 46.2 Å². The van der Waals surface area contributed by atoms with Gasteiger partial charge >= 0.3 is 0 Å². The standard InChI is InChI=1S/C23H34N4O3.HI/c1-16(2)10-11-17(3)27-23(24-4)26-15-18-12-13-21(25-14-18)30-22-19(28-5)8-7-9-20(22)29-6;/h7-9,12-14,16-17H,10-11,15H2,1-6H3,(H2,24,26,27);1H. The van der Waals surface area contributed by atoms with Crippen molar-refractivity contribution in [2.75, 3.05) is 21.3 Å². The van der Waals surface area contributed by atoms with Gasteiger partial charge in [-0.25, -0.2) is 4.98 Å². The number of hydrogen-bond donors (Lipinski definition) is 2. The number of halogens is 1. The van der Waals surface area contributed by atoms with E-state index in [1.54, 1.807) is 27.5 Å². The second-order valence-corrected chi connectivity index (χ2v) is 7.54. The molecule has 0 radical (unpaired) electrons. The van der Waals surface area contributed by atoms with Crippen LogP contribution in [0, 0.1) is 5.92 Å². The van der Waals surface area contributed by atoms with Crippen LogP contribution in [0.5, 0.6) is 23.1 Å². The molecule has 1 unspecified atom stereocenters. The van der Waals surface area contributed by atoms with E-state index in [-0.39, 0.29) is 24.0 Å². The fourth-order valence-electron chi connectivity index (χ4n) is 2.87. The number of guanidine groups is 1. The van der Waals surface area contributed by atoms with E-state index in [9.17, 15) is 0 Å². The van der Waals surface area contributed by atoms with Crippen LogP contribution in [-0.4, -0.2) is 38.3 Å². The Morgan fingerprint density at radius 2 is 1.71 bits per heavy atom. The lowest BCUT2D eigenvalue weighted by Gasteiger charge is -2.18. The molecular weight excluding hydrogens is 507 g/mol. The first-order valence-electron chi connectivity index (χ1n) is 10.3. The number of aromatic nitrogens is 1. The summed E-state index contributed by atoms with van der Waals surface area (Å²) < 4.78 is 16.6. The minimum Gasteiger partial charge on any atom is -0.493 e. The number of aliphatic imine (C=N–C) groups is 1. The summed E-state index contributed by atoms with van der Waals surface area (Å²) in [5.74, 6) is 3.62. The van der Waals surface area contributed by atoms with Gasteiger partial charge in [0.25, 0.3) is 0 Å². The lowest BCUT2D eigenvalue weighted by molar-refractivity contribution is 0.342. The van der Waals surface area contributed by atoms with Crippen LogP contribution in [0.3, 0.4) is 0 Å². The molecule has 2 N–H and O–H groups in total. The van der Waals surface area contributed by atoms with Crippen molar-refractivity contribution >= 4 is 29.9 Å². The molecule has 0 aliphatic rings. The topological polar surface area (TPSA) is 77.0 Å². The number of hydrogen-bond acceptors (Lipinski definition) is 5. The van der Waals surface area contributed by atoms with Crippen LogP contribution in [-0.2, 0) is 6.54 Å². The molecule has 0 spiro atoms. The van der Waals surface area contributed by atoms with Crippen LogP contribution < -0.4 is 24.8 Å². The van der Waals surface area contributed by atoms with Crippen molar-refractivity contribution in [3.05, 3.63) is 42.1 Å². The Kier molecular flexibility index (Phi) is 12.1. The molecule has 0 aliphatic carbocycles. The number of nitrogens with zero attached hydrogens (tertiary/aromatic N) is 2. The Morgan fingerprint density at radius 3 is 2.23 bits per heavy atom. The number of ether oxygens (including phenoxy) is 3. The molecule has 1 aromatic heterocycles. The van der Waals surface area contributed by atoms with Crippen molar-refractivity contribution < 1.29 is 14.2 Å². The number of benzene rings is 1. The number of methoxy groups -OCH3 is 2.